The summed E-state index contributed by atoms with van der Waals surface area (Å²) in [5.74, 6) is 2.61. The number of hydrogen-bond donors (Lipinski definition) is 1. The van der Waals surface area contributed by atoms with Gasteiger partial charge in [-0.15, -0.1) is 0 Å². The van der Waals surface area contributed by atoms with Crippen molar-refractivity contribution < 1.29 is 9.53 Å². The van der Waals surface area contributed by atoms with Gasteiger partial charge in [-0.25, -0.2) is 0 Å². The Morgan fingerprint density at radius 2 is 2.08 bits per heavy atom. The monoisotopic (exact) mass is 361 g/mol. The molecule has 0 radical (unpaired) electrons. The van der Waals surface area contributed by atoms with Crippen LogP contribution < -0.4 is 10.1 Å². The molecule has 0 aromatic heterocycles. The fourth-order valence-electron chi connectivity index (χ4n) is 2.69. The average molecular weight is 362 g/mol. The molecule has 1 N–H and O–H groups in total. The van der Waals surface area contributed by atoms with Gasteiger partial charge in [-0.1, -0.05) is 41.9 Å². The lowest BCUT2D eigenvalue weighted by Crippen LogP contribution is -2.38. The number of thioether (sulfide) groups is 1. The lowest BCUT2D eigenvalue weighted by molar-refractivity contribution is -0.126. The first-order chi connectivity index (χ1) is 11.7. The van der Waals surface area contributed by atoms with Crippen LogP contribution in [0.15, 0.2) is 48.5 Å². The number of carbonyl (C=O) groups is 1. The first kappa shape index (κ1) is 17.2. The highest BCUT2D eigenvalue weighted by atomic mass is 35.5. The van der Waals surface area contributed by atoms with E-state index in [0.717, 1.165) is 22.8 Å². The minimum absolute atomic E-state index is 0.0564. The highest BCUT2D eigenvalue weighted by Gasteiger charge is 2.25. The highest BCUT2D eigenvalue weighted by Crippen LogP contribution is 2.29. The Bertz CT molecular complexity index is 693. The Hall–Kier alpha value is -1.65. The maximum atomic E-state index is 12.3. The number of rotatable bonds is 6. The number of ether oxygens (including phenoxy) is 1. The fraction of sp³-hybridized carbons (Fsp3) is 0.316. The van der Waals surface area contributed by atoms with E-state index in [0.29, 0.717) is 24.6 Å². The molecule has 0 fully saturated rings. The van der Waals surface area contributed by atoms with Gasteiger partial charge >= 0.3 is 0 Å². The van der Waals surface area contributed by atoms with E-state index >= 15 is 0 Å². The van der Waals surface area contributed by atoms with Gasteiger partial charge in [0.15, 0.2) is 0 Å². The quantitative estimate of drug-likeness (QED) is 0.792. The number of benzene rings is 2. The maximum Gasteiger partial charge on any atom is 0.226 e. The van der Waals surface area contributed by atoms with E-state index in [1.807, 2.05) is 48.2 Å². The summed E-state index contributed by atoms with van der Waals surface area (Å²) >= 11 is 7.84. The number of fused-ring (bicyclic) bond motifs is 1. The van der Waals surface area contributed by atoms with Crippen molar-refractivity contribution in [2.75, 3.05) is 18.9 Å². The van der Waals surface area contributed by atoms with Crippen molar-refractivity contribution in [3.05, 3.63) is 64.7 Å². The lowest BCUT2D eigenvalue weighted by atomic mass is 9.96. The van der Waals surface area contributed by atoms with Crippen molar-refractivity contribution >= 4 is 29.3 Å². The zero-order valence-corrected chi connectivity index (χ0v) is 14.9. The third kappa shape index (κ3) is 4.68. The summed E-state index contributed by atoms with van der Waals surface area (Å²) in [4.78, 5) is 12.3. The molecule has 0 unspecified atom stereocenters. The molecular weight excluding hydrogens is 342 g/mol. The molecule has 0 bridgehead atoms. The Kier molecular flexibility index (Phi) is 6.05. The normalized spacial score (nSPS) is 16.1. The van der Waals surface area contributed by atoms with E-state index in [1.165, 1.54) is 5.56 Å². The first-order valence-corrected chi connectivity index (χ1v) is 9.56. The Balaban J connectivity index is 1.40. The van der Waals surface area contributed by atoms with Gasteiger partial charge in [0.1, 0.15) is 12.4 Å². The number of amides is 1. The van der Waals surface area contributed by atoms with Crippen molar-refractivity contribution in [3.8, 4) is 5.75 Å². The summed E-state index contributed by atoms with van der Waals surface area (Å²) in [7, 11) is 0. The predicted molar refractivity (Wildman–Crippen MR) is 99.8 cm³/mol. The SMILES string of the molecule is O=C(NCCSCc1ccccc1)[C@@H]1COc2ccc(Cl)cc2C1. The van der Waals surface area contributed by atoms with E-state index in [2.05, 4.69) is 17.4 Å². The van der Waals surface area contributed by atoms with Crippen LogP contribution in [-0.2, 0) is 17.0 Å². The van der Waals surface area contributed by atoms with Crippen LogP contribution in [0.5, 0.6) is 5.75 Å². The van der Waals surface area contributed by atoms with Gasteiger partial charge in [-0.2, -0.15) is 11.8 Å². The molecule has 1 heterocycles. The second-order valence-electron chi connectivity index (χ2n) is 5.79. The zero-order chi connectivity index (χ0) is 16.8. The topological polar surface area (TPSA) is 38.3 Å². The Labute approximate surface area is 151 Å². The van der Waals surface area contributed by atoms with Crippen molar-refractivity contribution in [1.82, 2.24) is 5.32 Å². The molecule has 0 saturated heterocycles. The van der Waals surface area contributed by atoms with Gasteiger partial charge in [0.2, 0.25) is 5.91 Å². The smallest absolute Gasteiger partial charge is 0.226 e. The number of halogens is 1. The summed E-state index contributed by atoms with van der Waals surface area (Å²) in [6, 6.07) is 15.9. The minimum atomic E-state index is -0.143. The van der Waals surface area contributed by atoms with E-state index in [1.54, 1.807) is 0 Å². The second kappa shape index (κ2) is 8.45. The molecule has 1 amide bonds. The molecule has 3 rings (SSSR count). The molecule has 0 aliphatic carbocycles. The Morgan fingerprint density at radius 1 is 1.25 bits per heavy atom. The molecule has 0 spiro atoms. The molecule has 2 aromatic carbocycles. The maximum absolute atomic E-state index is 12.3. The first-order valence-electron chi connectivity index (χ1n) is 8.03. The van der Waals surface area contributed by atoms with Gasteiger partial charge in [-0.05, 0) is 35.7 Å². The molecule has 1 atom stereocenters. The average Bonchev–Trinajstić information content (AvgIpc) is 2.61. The second-order valence-corrected chi connectivity index (χ2v) is 7.33. The van der Waals surface area contributed by atoms with Crippen LogP contribution in [0, 0.1) is 5.92 Å². The van der Waals surface area contributed by atoms with Crippen LogP contribution in [0.4, 0.5) is 0 Å². The summed E-state index contributed by atoms with van der Waals surface area (Å²) in [5.41, 5.74) is 2.32. The number of carbonyl (C=O) groups excluding carboxylic acids is 1. The van der Waals surface area contributed by atoms with Gasteiger partial charge in [0, 0.05) is 23.1 Å². The van der Waals surface area contributed by atoms with E-state index in [9.17, 15) is 4.79 Å². The van der Waals surface area contributed by atoms with Crippen LogP contribution >= 0.6 is 23.4 Å². The number of nitrogens with one attached hydrogen (secondary N) is 1. The lowest BCUT2D eigenvalue weighted by Gasteiger charge is -2.24. The molecule has 3 nitrogen and oxygen atoms in total. The van der Waals surface area contributed by atoms with Crippen molar-refractivity contribution in [3.63, 3.8) is 0 Å². The van der Waals surface area contributed by atoms with Gasteiger partial charge in [0.25, 0.3) is 0 Å². The minimum Gasteiger partial charge on any atom is -0.492 e. The van der Waals surface area contributed by atoms with Gasteiger partial charge in [0.05, 0.1) is 5.92 Å². The standard InChI is InChI=1S/C19H20ClNO2S/c20-17-6-7-18-15(11-17)10-16(12-23-18)19(22)21-8-9-24-13-14-4-2-1-3-5-14/h1-7,11,16H,8-10,12-13H2,(H,21,22)/t16-/m0/s1. The molecular formula is C19H20ClNO2S. The molecule has 5 heteroatoms. The zero-order valence-electron chi connectivity index (χ0n) is 13.3. The van der Waals surface area contributed by atoms with Crippen LogP contribution in [0.1, 0.15) is 11.1 Å². The van der Waals surface area contributed by atoms with E-state index in [4.69, 9.17) is 16.3 Å². The molecule has 126 valence electrons. The van der Waals surface area contributed by atoms with Crippen LogP contribution in [-0.4, -0.2) is 24.8 Å². The van der Waals surface area contributed by atoms with Crippen molar-refractivity contribution in [2.45, 2.75) is 12.2 Å². The number of hydrogen-bond acceptors (Lipinski definition) is 3. The summed E-state index contributed by atoms with van der Waals surface area (Å²) < 4.78 is 5.67. The molecule has 2 aromatic rings. The Morgan fingerprint density at radius 3 is 2.92 bits per heavy atom. The van der Waals surface area contributed by atoms with Crippen LogP contribution in [0.25, 0.3) is 0 Å². The predicted octanol–water partition coefficient (Wildman–Crippen LogP) is 3.94. The summed E-state index contributed by atoms with van der Waals surface area (Å²) in [6.45, 7) is 1.10. The largest absolute Gasteiger partial charge is 0.492 e. The van der Waals surface area contributed by atoms with Crippen LogP contribution in [0.3, 0.4) is 0 Å². The molecule has 0 saturated carbocycles. The molecule has 1 aliphatic rings. The third-order valence-corrected chi connectivity index (χ3v) is 5.22. The molecule has 24 heavy (non-hydrogen) atoms. The van der Waals surface area contributed by atoms with Gasteiger partial charge < -0.3 is 10.1 Å². The van der Waals surface area contributed by atoms with Crippen molar-refractivity contribution in [2.24, 2.45) is 5.92 Å². The van der Waals surface area contributed by atoms with Crippen LogP contribution in [0.2, 0.25) is 5.02 Å². The third-order valence-electron chi connectivity index (χ3n) is 3.96. The highest BCUT2D eigenvalue weighted by molar-refractivity contribution is 7.98. The van der Waals surface area contributed by atoms with E-state index in [-0.39, 0.29) is 11.8 Å². The van der Waals surface area contributed by atoms with Gasteiger partial charge in [-0.3, -0.25) is 4.79 Å². The van der Waals surface area contributed by atoms with E-state index < -0.39 is 0 Å². The fourth-order valence-corrected chi connectivity index (χ4v) is 3.70. The molecule has 1 aliphatic heterocycles. The summed E-state index contributed by atoms with van der Waals surface area (Å²) in [5, 5.41) is 3.69. The summed E-state index contributed by atoms with van der Waals surface area (Å²) in [6.07, 6.45) is 0.679. The van der Waals surface area contributed by atoms with Crippen molar-refractivity contribution in [1.29, 1.82) is 0 Å².